The van der Waals surface area contributed by atoms with Crippen molar-refractivity contribution in [1.29, 1.82) is 5.41 Å². The van der Waals surface area contributed by atoms with Gasteiger partial charge in [-0.1, -0.05) is 0 Å². The first kappa shape index (κ1) is 13.5. The lowest BCUT2D eigenvalue weighted by atomic mass is 10.0. The van der Waals surface area contributed by atoms with Crippen LogP contribution < -0.4 is 4.74 Å². The Morgan fingerprint density at radius 3 is 2.90 bits per heavy atom. The number of H-pyrrole nitrogens is 1. The molecule has 0 radical (unpaired) electrons. The fourth-order valence-corrected chi connectivity index (χ4v) is 3.66. The summed E-state index contributed by atoms with van der Waals surface area (Å²) in [6.07, 6.45) is 0. The van der Waals surface area contributed by atoms with Crippen LogP contribution in [0.15, 0.2) is 28.2 Å². The number of aromatic nitrogens is 1. The van der Waals surface area contributed by atoms with Crippen molar-refractivity contribution in [2.75, 3.05) is 6.61 Å². The highest BCUT2D eigenvalue weighted by Gasteiger charge is 2.25. The number of nitrogens with zero attached hydrogens (tertiary/aromatic N) is 1. The topological polar surface area (TPSA) is 61.2 Å². The van der Waals surface area contributed by atoms with E-state index < -0.39 is 0 Å². The third kappa shape index (κ3) is 2.21. The maximum atomic E-state index is 7.98. The number of amidine groups is 1. The summed E-state index contributed by atoms with van der Waals surface area (Å²) < 4.78 is 6.16. The molecule has 4 nitrogen and oxygen atoms in total. The maximum Gasteiger partial charge on any atom is 0.159 e. The first-order valence-electron chi connectivity index (χ1n) is 5.97. The van der Waals surface area contributed by atoms with Crippen molar-refractivity contribution in [3.05, 3.63) is 38.2 Å². The van der Waals surface area contributed by atoms with Crippen LogP contribution in [0, 0.1) is 9.36 Å². The molecule has 0 spiro atoms. The van der Waals surface area contributed by atoms with E-state index in [1.165, 1.54) is 11.3 Å². The smallest absolute Gasteiger partial charge is 0.159 e. The minimum atomic E-state index is 0.255. The number of ether oxygens (including phenoxy) is 1. The van der Waals surface area contributed by atoms with E-state index in [0.717, 1.165) is 27.5 Å². The van der Waals surface area contributed by atoms with E-state index >= 15 is 0 Å². The molecular weight excluding hydrogens is 310 g/mol. The van der Waals surface area contributed by atoms with Gasteiger partial charge in [0, 0.05) is 11.1 Å². The van der Waals surface area contributed by atoms with Crippen LogP contribution in [0.5, 0.6) is 5.75 Å². The van der Waals surface area contributed by atoms with Crippen LogP contribution in [0.4, 0.5) is 0 Å². The molecule has 3 rings (SSSR count). The summed E-state index contributed by atoms with van der Waals surface area (Å²) in [5.74, 6) is 1.03. The number of nitrogens with one attached hydrogen (secondary N) is 2. The number of thiazole rings is 1. The molecule has 0 aliphatic carbocycles. The van der Waals surface area contributed by atoms with Gasteiger partial charge in [-0.2, -0.15) is 0 Å². The first-order valence-corrected chi connectivity index (χ1v) is 7.64. The molecule has 0 amide bonds. The highest BCUT2D eigenvalue weighted by atomic mass is 32.1. The Hall–Kier alpha value is -1.44. The van der Waals surface area contributed by atoms with Gasteiger partial charge in [0.1, 0.15) is 5.75 Å². The minimum absolute atomic E-state index is 0.255. The van der Waals surface area contributed by atoms with Crippen molar-refractivity contribution in [3.8, 4) is 5.75 Å². The van der Waals surface area contributed by atoms with Crippen LogP contribution in [-0.4, -0.2) is 23.1 Å². The van der Waals surface area contributed by atoms with Gasteiger partial charge in [-0.15, -0.1) is 24.0 Å². The van der Waals surface area contributed by atoms with E-state index in [2.05, 4.69) is 22.6 Å². The van der Waals surface area contributed by atoms with Crippen molar-refractivity contribution in [2.45, 2.75) is 11.9 Å². The summed E-state index contributed by atoms with van der Waals surface area (Å²) in [7, 11) is 0. The van der Waals surface area contributed by atoms with E-state index in [4.69, 9.17) is 22.4 Å². The molecular formula is C13H11N3OS3. The third-order valence-electron chi connectivity index (χ3n) is 2.88. The van der Waals surface area contributed by atoms with E-state index in [-0.39, 0.29) is 5.84 Å². The van der Waals surface area contributed by atoms with Gasteiger partial charge in [0.2, 0.25) is 0 Å². The Morgan fingerprint density at radius 1 is 1.45 bits per heavy atom. The summed E-state index contributed by atoms with van der Waals surface area (Å²) in [5.41, 5.74) is 2.42. The maximum absolute atomic E-state index is 7.98. The molecule has 2 heterocycles. The van der Waals surface area contributed by atoms with Gasteiger partial charge < -0.3 is 9.72 Å². The van der Waals surface area contributed by atoms with Crippen LogP contribution in [0.1, 0.15) is 22.9 Å². The van der Waals surface area contributed by atoms with Gasteiger partial charge in [-0.05, 0) is 37.3 Å². The normalized spacial score (nSPS) is 13.3. The standard InChI is InChI=1S/C13H11N3OS3/c1-2-17-6-3-4-7-8(5-6)9(15-11(7)14)10-12(18)16-13(19)20-10/h3-5,14,18H,2H2,1H3,(H,16,19). The van der Waals surface area contributed by atoms with Crippen LogP contribution >= 0.6 is 36.2 Å². The van der Waals surface area contributed by atoms with Gasteiger partial charge in [0.15, 0.2) is 9.79 Å². The monoisotopic (exact) mass is 321 g/mol. The molecule has 1 aromatic carbocycles. The summed E-state index contributed by atoms with van der Waals surface area (Å²) in [6.45, 7) is 2.54. The fraction of sp³-hybridized carbons (Fsp3) is 0.154. The van der Waals surface area contributed by atoms with Crippen LogP contribution in [0.2, 0.25) is 0 Å². The van der Waals surface area contributed by atoms with E-state index in [1.54, 1.807) is 0 Å². The molecule has 0 unspecified atom stereocenters. The number of aliphatic imine (C=N–C) groups is 1. The molecule has 7 heteroatoms. The largest absolute Gasteiger partial charge is 0.494 e. The quantitative estimate of drug-likeness (QED) is 0.597. The van der Waals surface area contributed by atoms with Crippen molar-refractivity contribution in [2.24, 2.45) is 4.99 Å². The molecule has 1 aliphatic rings. The van der Waals surface area contributed by atoms with Crippen LogP contribution in [0.3, 0.4) is 0 Å². The number of rotatable bonds is 3. The number of aromatic amines is 1. The second-order valence-electron chi connectivity index (χ2n) is 4.14. The van der Waals surface area contributed by atoms with Gasteiger partial charge in [-0.3, -0.25) is 5.41 Å². The molecule has 1 aliphatic heterocycles. The zero-order chi connectivity index (χ0) is 14.3. The molecule has 0 atom stereocenters. The second-order valence-corrected chi connectivity index (χ2v) is 6.28. The highest BCUT2D eigenvalue weighted by Crippen LogP contribution is 2.31. The Labute approximate surface area is 130 Å². The van der Waals surface area contributed by atoms with Crippen LogP contribution in [-0.2, 0) is 0 Å². The van der Waals surface area contributed by atoms with Gasteiger partial charge >= 0.3 is 0 Å². The number of benzene rings is 1. The Kier molecular flexibility index (Phi) is 3.49. The highest BCUT2D eigenvalue weighted by molar-refractivity contribution is 7.80. The summed E-state index contributed by atoms with van der Waals surface area (Å²) >= 11 is 10.9. The Balaban J connectivity index is 2.15. The summed E-state index contributed by atoms with van der Waals surface area (Å²) in [4.78, 5) is 8.18. The number of fused-ring (bicyclic) bond motifs is 1. The van der Waals surface area contributed by atoms with E-state index in [0.29, 0.717) is 15.6 Å². The molecule has 2 aromatic rings. The molecule has 0 bridgehead atoms. The Morgan fingerprint density at radius 2 is 2.25 bits per heavy atom. The Bertz CT molecular complexity index is 788. The molecule has 1 aromatic heterocycles. The number of hydrogen-bond acceptors (Lipinski definition) is 5. The predicted molar refractivity (Wildman–Crippen MR) is 86.8 cm³/mol. The molecule has 0 saturated carbocycles. The molecule has 102 valence electrons. The van der Waals surface area contributed by atoms with Crippen LogP contribution in [0.25, 0.3) is 0 Å². The second kappa shape index (κ2) is 5.16. The zero-order valence-corrected chi connectivity index (χ0v) is 13.1. The predicted octanol–water partition coefficient (Wildman–Crippen LogP) is 3.67. The van der Waals surface area contributed by atoms with Crippen molar-refractivity contribution < 1.29 is 4.74 Å². The van der Waals surface area contributed by atoms with Gasteiger partial charge in [-0.25, -0.2) is 4.99 Å². The molecule has 2 N–H and O–H groups in total. The lowest BCUT2D eigenvalue weighted by Gasteiger charge is -2.06. The molecule has 20 heavy (non-hydrogen) atoms. The van der Waals surface area contributed by atoms with Crippen molar-refractivity contribution >= 4 is 47.7 Å². The SMILES string of the molecule is CCOc1ccc2c(c1)C(c1sc(=S)[nH]c1S)=NC2=N. The zero-order valence-electron chi connectivity index (χ0n) is 10.6. The summed E-state index contributed by atoms with van der Waals surface area (Å²) in [6, 6.07) is 5.63. The third-order valence-corrected chi connectivity index (χ3v) is 4.61. The lowest BCUT2D eigenvalue weighted by molar-refractivity contribution is 0.340. The van der Waals surface area contributed by atoms with Crippen molar-refractivity contribution in [1.82, 2.24) is 4.98 Å². The fourth-order valence-electron chi connectivity index (χ4n) is 2.07. The minimum Gasteiger partial charge on any atom is -0.494 e. The first-order chi connectivity index (χ1) is 9.60. The lowest BCUT2D eigenvalue weighted by Crippen LogP contribution is -2.01. The van der Waals surface area contributed by atoms with E-state index in [1.807, 2.05) is 25.1 Å². The van der Waals surface area contributed by atoms with Gasteiger partial charge in [0.05, 0.1) is 22.2 Å². The van der Waals surface area contributed by atoms with E-state index in [9.17, 15) is 0 Å². The average Bonchev–Trinajstić information content (AvgIpc) is 2.90. The van der Waals surface area contributed by atoms with Crippen molar-refractivity contribution in [3.63, 3.8) is 0 Å². The average molecular weight is 321 g/mol. The summed E-state index contributed by atoms with van der Waals surface area (Å²) in [5, 5.41) is 8.66. The number of hydrogen-bond donors (Lipinski definition) is 3. The molecule has 0 fully saturated rings. The molecule has 0 saturated heterocycles. The van der Waals surface area contributed by atoms with Gasteiger partial charge in [0.25, 0.3) is 0 Å². The number of thiol groups is 1.